The van der Waals surface area contributed by atoms with Gasteiger partial charge in [0, 0.05) is 36.7 Å². The normalized spacial score (nSPS) is 17.7. The minimum Gasteiger partial charge on any atom is -0.316 e. The number of nitrogens with zero attached hydrogens (tertiary/aromatic N) is 4. The maximum atomic E-state index is 12.5. The minimum absolute atomic E-state index is 0.105. The Kier molecular flexibility index (Phi) is 4.28. The molecule has 2 aromatic heterocycles. The number of nitrogens with one attached hydrogen (secondary N) is 1. The summed E-state index contributed by atoms with van der Waals surface area (Å²) in [6, 6.07) is 8.04. The van der Waals surface area contributed by atoms with Gasteiger partial charge in [-0.3, -0.25) is 9.48 Å². The maximum Gasteiger partial charge on any atom is 0.143 e. The fourth-order valence-electron chi connectivity index (χ4n) is 3.37. The quantitative estimate of drug-likeness (QED) is 0.791. The molecule has 0 bridgehead atoms. The van der Waals surface area contributed by atoms with Crippen LogP contribution in [0.1, 0.15) is 18.5 Å². The molecule has 1 fully saturated rings. The van der Waals surface area contributed by atoms with Crippen molar-refractivity contribution in [2.24, 2.45) is 13.0 Å². The topological polar surface area (TPSA) is 72.7 Å². The van der Waals surface area contributed by atoms with E-state index in [4.69, 9.17) is 0 Å². The zero-order valence-electron chi connectivity index (χ0n) is 14.3. The van der Waals surface area contributed by atoms with E-state index in [0.29, 0.717) is 6.42 Å². The first kappa shape index (κ1) is 15.9. The molecule has 1 N–H and O–H groups in total. The van der Waals surface area contributed by atoms with Crippen molar-refractivity contribution in [2.75, 3.05) is 13.1 Å². The third kappa shape index (κ3) is 3.44. The molecular weight excluding hydrogens is 314 g/mol. The van der Waals surface area contributed by atoms with E-state index in [2.05, 4.69) is 26.7 Å². The lowest BCUT2D eigenvalue weighted by molar-refractivity contribution is -0.122. The lowest BCUT2D eigenvalue weighted by Crippen LogP contribution is -2.35. The van der Waals surface area contributed by atoms with Gasteiger partial charge < -0.3 is 5.32 Å². The average Bonchev–Trinajstić information content (AvgIpc) is 3.08. The molecule has 0 spiro atoms. The summed E-state index contributed by atoms with van der Waals surface area (Å²) in [5.41, 5.74) is 3.73. The Morgan fingerprint density at radius 1 is 1.28 bits per heavy atom. The first-order valence-electron chi connectivity index (χ1n) is 8.68. The number of fused-ring (bicyclic) bond motifs is 1. The van der Waals surface area contributed by atoms with Gasteiger partial charge >= 0.3 is 0 Å². The van der Waals surface area contributed by atoms with Gasteiger partial charge in [-0.1, -0.05) is 6.07 Å². The van der Waals surface area contributed by atoms with Gasteiger partial charge in [-0.2, -0.15) is 15.3 Å². The smallest absolute Gasteiger partial charge is 0.143 e. The Balaban J connectivity index is 1.59. The summed E-state index contributed by atoms with van der Waals surface area (Å²) in [7, 11) is 1.90. The largest absolute Gasteiger partial charge is 0.316 e. The van der Waals surface area contributed by atoms with Crippen LogP contribution in [0.2, 0.25) is 0 Å². The zero-order chi connectivity index (χ0) is 17.2. The van der Waals surface area contributed by atoms with E-state index in [9.17, 15) is 4.79 Å². The standard InChI is InChI=1S/C19H21N5O/c1-24-12-16(11-21-24)13-4-5-18-15(7-13)8-17(22-23-18)9-19(25)14-3-2-6-20-10-14/h4-5,7-8,11-12,14,20H,2-3,6,9-10H2,1H3/t14-/m0/s1. The third-order valence-electron chi connectivity index (χ3n) is 4.78. The van der Waals surface area contributed by atoms with E-state index in [1.807, 2.05) is 37.6 Å². The molecule has 0 aliphatic carbocycles. The molecule has 1 atom stereocenters. The molecule has 0 radical (unpaired) electrons. The summed E-state index contributed by atoms with van der Waals surface area (Å²) in [6.45, 7) is 1.79. The monoisotopic (exact) mass is 335 g/mol. The van der Waals surface area contributed by atoms with Crippen LogP contribution in [0, 0.1) is 5.92 Å². The van der Waals surface area contributed by atoms with Crippen LogP contribution in [-0.4, -0.2) is 38.9 Å². The molecule has 4 rings (SSSR count). The number of carbonyl (C=O) groups is 1. The molecule has 3 aromatic rings. The molecule has 1 aliphatic heterocycles. The number of aromatic nitrogens is 4. The van der Waals surface area contributed by atoms with Gasteiger partial charge in [-0.05, 0) is 43.1 Å². The van der Waals surface area contributed by atoms with Crippen molar-refractivity contribution in [3.8, 4) is 11.1 Å². The predicted molar refractivity (Wildman–Crippen MR) is 96.0 cm³/mol. The van der Waals surface area contributed by atoms with Gasteiger partial charge in [0.15, 0.2) is 0 Å². The number of piperidine rings is 1. The van der Waals surface area contributed by atoms with Crippen molar-refractivity contribution in [1.29, 1.82) is 0 Å². The van der Waals surface area contributed by atoms with Crippen LogP contribution in [0.4, 0.5) is 0 Å². The van der Waals surface area contributed by atoms with Crippen LogP contribution in [0.15, 0.2) is 36.7 Å². The fourth-order valence-corrected chi connectivity index (χ4v) is 3.37. The summed E-state index contributed by atoms with van der Waals surface area (Å²) in [6.07, 6.45) is 6.21. The second kappa shape index (κ2) is 6.72. The van der Waals surface area contributed by atoms with Crippen LogP contribution >= 0.6 is 0 Å². The van der Waals surface area contributed by atoms with Crippen LogP contribution in [0.3, 0.4) is 0 Å². The second-order valence-corrected chi connectivity index (χ2v) is 6.70. The average molecular weight is 335 g/mol. The Morgan fingerprint density at radius 2 is 2.20 bits per heavy atom. The molecule has 6 nitrogen and oxygen atoms in total. The highest BCUT2D eigenvalue weighted by Gasteiger charge is 2.21. The number of rotatable bonds is 4. The summed E-state index contributed by atoms with van der Waals surface area (Å²) in [5.74, 6) is 0.359. The second-order valence-electron chi connectivity index (χ2n) is 6.70. The molecule has 0 amide bonds. The Hall–Kier alpha value is -2.60. The lowest BCUT2D eigenvalue weighted by atomic mass is 9.92. The molecule has 0 unspecified atom stereocenters. The van der Waals surface area contributed by atoms with E-state index in [1.165, 1.54) is 0 Å². The van der Waals surface area contributed by atoms with Gasteiger partial charge in [0.1, 0.15) is 5.78 Å². The Labute approximate surface area is 146 Å². The lowest BCUT2D eigenvalue weighted by Gasteiger charge is -2.21. The molecule has 128 valence electrons. The SMILES string of the molecule is Cn1cc(-c2ccc3nnc(CC(=O)[C@H]4CCCNC4)cc3c2)cn1. The summed E-state index contributed by atoms with van der Waals surface area (Å²) >= 11 is 0. The molecular formula is C19H21N5O. The van der Waals surface area contributed by atoms with Crippen LogP contribution in [0.5, 0.6) is 0 Å². The van der Waals surface area contributed by atoms with E-state index >= 15 is 0 Å². The molecule has 1 saturated heterocycles. The van der Waals surface area contributed by atoms with Crippen LogP contribution in [0.25, 0.3) is 22.0 Å². The molecule has 1 aromatic carbocycles. The number of hydrogen-bond acceptors (Lipinski definition) is 5. The number of benzene rings is 1. The summed E-state index contributed by atoms with van der Waals surface area (Å²) in [5, 5.41) is 17.0. The van der Waals surface area contributed by atoms with Crippen LogP contribution in [-0.2, 0) is 18.3 Å². The van der Waals surface area contributed by atoms with Gasteiger partial charge in [-0.15, -0.1) is 0 Å². The number of ketones is 1. The number of carbonyl (C=O) groups excluding carboxylic acids is 1. The molecule has 6 heteroatoms. The highest BCUT2D eigenvalue weighted by atomic mass is 16.1. The fraction of sp³-hybridized carbons (Fsp3) is 0.368. The first-order chi connectivity index (χ1) is 12.2. The van der Waals surface area contributed by atoms with Gasteiger partial charge in [0.05, 0.1) is 23.8 Å². The van der Waals surface area contributed by atoms with Crippen molar-refractivity contribution >= 4 is 16.7 Å². The Morgan fingerprint density at radius 3 is 2.96 bits per heavy atom. The van der Waals surface area contributed by atoms with E-state index in [0.717, 1.165) is 53.7 Å². The van der Waals surface area contributed by atoms with Crippen molar-refractivity contribution in [1.82, 2.24) is 25.3 Å². The minimum atomic E-state index is 0.105. The molecule has 25 heavy (non-hydrogen) atoms. The number of Topliss-reactive ketones (excluding diaryl/α,β-unsaturated/α-hetero) is 1. The number of aryl methyl sites for hydroxylation is 1. The van der Waals surface area contributed by atoms with Gasteiger partial charge in [0.2, 0.25) is 0 Å². The highest BCUT2D eigenvalue weighted by Crippen LogP contribution is 2.23. The van der Waals surface area contributed by atoms with Crippen molar-refractivity contribution in [3.05, 3.63) is 42.4 Å². The zero-order valence-corrected chi connectivity index (χ0v) is 14.3. The third-order valence-corrected chi connectivity index (χ3v) is 4.78. The molecule has 1 aliphatic rings. The van der Waals surface area contributed by atoms with Gasteiger partial charge in [-0.25, -0.2) is 0 Å². The molecule has 0 saturated carbocycles. The van der Waals surface area contributed by atoms with E-state index in [-0.39, 0.29) is 11.7 Å². The maximum absolute atomic E-state index is 12.5. The number of hydrogen-bond donors (Lipinski definition) is 1. The highest BCUT2D eigenvalue weighted by molar-refractivity contribution is 5.86. The van der Waals surface area contributed by atoms with Crippen molar-refractivity contribution in [3.63, 3.8) is 0 Å². The molecule has 3 heterocycles. The van der Waals surface area contributed by atoms with Crippen molar-refractivity contribution < 1.29 is 4.79 Å². The predicted octanol–water partition coefficient (Wildman–Crippen LogP) is 2.14. The van der Waals surface area contributed by atoms with E-state index < -0.39 is 0 Å². The van der Waals surface area contributed by atoms with E-state index in [1.54, 1.807) is 4.68 Å². The Bertz CT molecular complexity index is 911. The first-order valence-corrected chi connectivity index (χ1v) is 8.68. The summed E-state index contributed by atoms with van der Waals surface area (Å²) in [4.78, 5) is 12.5. The van der Waals surface area contributed by atoms with Crippen molar-refractivity contribution in [2.45, 2.75) is 19.3 Å². The van der Waals surface area contributed by atoms with Gasteiger partial charge in [0.25, 0.3) is 0 Å². The van der Waals surface area contributed by atoms with Crippen LogP contribution < -0.4 is 5.32 Å². The summed E-state index contributed by atoms with van der Waals surface area (Å²) < 4.78 is 1.78.